The molecule has 100 valence electrons. The minimum atomic E-state index is 0.807. The Balaban J connectivity index is 1.89. The second kappa shape index (κ2) is 6.69. The molecule has 0 aliphatic carbocycles. The van der Waals surface area contributed by atoms with E-state index in [4.69, 9.17) is 0 Å². The van der Waals surface area contributed by atoms with Crippen molar-refractivity contribution < 1.29 is 0 Å². The van der Waals surface area contributed by atoms with Crippen LogP contribution in [0.4, 0.5) is 5.82 Å². The molecule has 4 heteroatoms. The molecule has 1 N–H and O–H groups in total. The van der Waals surface area contributed by atoms with Crippen LogP contribution in [-0.4, -0.2) is 29.8 Å². The highest BCUT2D eigenvalue weighted by molar-refractivity contribution is 5.37. The summed E-state index contributed by atoms with van der Waals surface area (Å²) in [6.45, 7) is 8.41. The molecule has 1 fully saturated rings. The minimum Gasteiger partial charge on any atom is -0.355 e. The lowest BCUT2D eigenvalue weighted by atomic mass is 9.94. The average Bonchev–Trinajstić information content (AvgIpc) is 2.46. The van der Waals surface area contributed by atoms with Gasteiger partial charge in [-0.15, -0.1) is 5.10 Å². The molecule has 0 unspecified atom stereocenters. The quantitative estimate of drug-likeness (QED) is 0.867. The second-order valence-electron chi connectivity index (χ2n) is 5.00. The Hall–Kier alpha value is -1.16. The molecule has 0 amide bonds. The van der Waals surface area contributed by atoms with Crippen molar-refractivity contribution in [3.8, 4) is 0 Å². The van der Waals surface area contributed by atoms with Gasteiger partial charge in [-0.05, 0) is 37.4 Å². The summed E-state index contributed by atoms with van der Waals surface area (Å²) in [7, 11) is 0. The molecule has 1 aliphatic heterocycles. The summed E-state index contributed by atoms with van der Waals surface area (Å²) in [5.74, 6) is 1.94. The number of anilines is 1. The van der Waals surface area contributed by atoms with Gasteiger partial charge in [-0.3, -0.25) is 0 Å². The van der Waals surface area contributed by atoms with E-state index in [9.17, 15) is 0 Å². The van der Waals surface area contributed by atoms with E-state index in [1.54, 1.807) is 0 Å². The first-order valence-electron chi connectivity index (χ1n) is 7.11. The molecule has 2 rings (SSSR count). The Morgan fingerprint density at radius 2 is 2.00 bits per heavy atom. The first-order valence-corrected chi connectivity index (χ1v) is 7.11. The molecule has 1 aromatic heterocycles. The highest BCUT2D eigenvalue weighted by Crippen LogP contribution is 2.23. The third-order valence-corrected chi connectivity index (χ3v) is 3.78. The van der Waals surface area contributed by atoms with Crippen LogP contribution in [0.2, 0.25) is 0 Å². The van der Waals surface area contributed by atoms with Crippen LogP contribution in [0.1, 0.15) is 38.8 Å². The highest BCUT2D eigenvalue weighted by atomic mass is 15.3. The molecule has 2 heterocycles. The van der Waals surface area contributed by atoms with Gasteiger partial charge in [-0.1, -0.05) is 20.3 Å². The van der Waals surface area contributed by atoms with Gasteiger partial charge in [0, 0.05) is 19.6 Å². The van der Waals surface area contributed by atoms with E-state index in [0.29, 0.717) is 0 Å². The van der Waals surface area contributed by atoms with Crippen LogP contribution >= 0.6 is 0 Å². The Bertz CT molecular complexity index is 341. The van der Waals surface area contributed by atoms with Gasteiger partial charge in [0.2, 0.25) is 0 Å². The van der Waals surface area contributed by atoms with E-state index in [0.717, 1.165) is 43.6 Å². The standard InChI is InChI=1S/C14H24N4/c1-3-12-7-9-18(10-8-12)14-6-5-13(16-17-14)11-15-4-2/h5-6,12,15H,3-4,7-11H2,1-2H3. The average molecular weight is 248 g/mol. The Morgan fingerprint density at radius 3 is 2.56 bits per heavy atom. The normalized spacial score (nSPS) is 17.1. The lowest BCUT2D eigenvalue weighted by Gasteiger charge is -2.32. The number of nitrogens with zero attached hydrogens (tertiary/aromatic N) is 3. The number of rotatable bonds is 5. The zero-order valence-corrected chi connectivity index (χ0v) is 11.5. The number of hydrogen-bond donors (Lipinski definition) is 1. The van der Waals surface area contributed by atoms with Crippen molar-refractivity contribution in [3.05, 3.63) is 17.8 Å². The van der Waals surface area contributed by atoms with Crippen LogP contribution in [0.5, 0.6) is 0 Å². The third-order valence-electron chi connectivity index (χ3n) is 3.78. The summed E-state index contributed by atoms with van der Waals surface area (Å²) < 4.78 is 0. The molecule has 4 nitrogen and oxygen atoms in total. The number of aromatic nitrogens is 2. The summed E-state index contributed by atoms with van der Waals surface area (Å²) in [5.41, 5.74) is 1.02. The maximum Gasteiger partial charge on any atom is 0.151 e. The molecule has 1 aromatic rings. The molecule has 0 saturated carbocycles. The van der Waals surface area contributed by atoms with Gasteiger partial charge in [0.25, 0.3) is 0 Å². The predicted octanol–water partition coefficient (Wildman–Crippen LogP) is 2.21. The maximum atomic E-state index is 4.34. The van der Waals surface area contributed by atoms with Crippen molar-refractivity contribution in [2.45, 2.75) is 39.7 Å². The molecule has 0 aromatic carbocycles. The maximum absolute atomic E-state index is 4.34. The first kappa shape index (κ1) is 13.3. The summed E-state index contributed by atoms with van der Waals surface area (Å²) in [6.07, 6.45) is 3.88. The van der Waals surface area contributed by atoms with E-state index in [1.165, 1.54) is 19.3 Å². The fraction of sp³-hybridized carbons (Fsp3) is 0.714. The van der Waals surface area contributed by atoms with Crippen LogP contribution in [0, 0.1) is 5.92 Å². The molecule has 0 bridgehead atoms. The summed E-state index contributed by atoms with van der Waals surface area (Å²) >= 11 is 0. The topological polar surface area (TPSA) is 41.0 Å². The van der Waals surface area contributed by atoms with Gasteiger partial charge < -0.3 is 10.2 Å². The van der Waals surface area contributed by atoms with Crippen molar-refractivity contribution in [2.75, 3.05) is 24.5 Å². The van der Waals surface area contributed by atoms with Crippen LogP contribution in [0.25, 0.3) is 0 Å². The smallest absolute Gasteiger partial charge is 0.151 e. The van der Waals surface area contributed by atoms with Gasteiger partial charge in [0.15, 0.2) is 5.82 Å². The summed E-state index contributed by atoms with van der Waals surface area (Å²) in [4.78, 5) is 2.36. The first-order chi connectivity index (χ1) is 8.83. The zero-order chi connectivity index (χ0) is 12.8. The van der Waals surface area contributed by atoms with Crippen molar-refractivity contribution in [1.29, 1.82) is 0 Å². The molecule has 0 atom stereocenters. The Kier molecular flexibility index (Phi) is 4.93. The van der Waals surface area contributed by atoms with Gasteiger partial charge >= 0.3 is 0 Å². The molecule has 18 heavy (non-hydrogen) atoms. The summed E-state index contributed by atoms with van der Waals surface area (Å²) in [6, 6.07) is 4.18. The lowest BCUT2D eigenvalue weighted by Crippen LogP contribution is -2.34. The molecule has 0 radical (unpaired) electrons. The molecular weight excluding hydrogens is 224 g/mol. The van der Waals surface area contributed by atoms with E-state index < -0.39 is 0 Å². The van der Waals surface area contributed by atoms with Crippen LogP contribution in [0.3, 0.4) is 0 Å². The van der Waals surface area contributed by atoms with Crippen molar-refractivity contribution in [1.82, 2.24) is 15.5 Å². The van der Waals surface area contributed by atoms with Crippen LogP contribution in [-0.2, 0) is 6.54 Å². The fourth-order valence-corrected chi connectivity index (χ4v) is 2.44. The largest absolute Gasteiger partial charge is 0.355 e. The molecule has 1 aliphatic rings. The number of piperidine rings is 1. The fourth-order valence-electron chi connectivity index (χ4n) is 2.44. The van der Waals surface area contributed by atoms with Crippen molar-refractivity contribution >= 4 is 5.82 Å². The SMILES string of the molecule is CCNCc1ccc(N2CCC(CC)CC2)nn1. The summed E-state index contributed by atoms with van der Waals surface area (Å²) in [5, 5.41) is 11.9. The van der Waals surface area contributed by atoms with Crippen molar-refractivity contribution in [3.63, 3.8) is 0 Å². The van der Waals surface area contributed by atoms with Crippen LogP contribution < -0.4 is 10.2 Å². The Morgan fingerprint density at radius 1 is 1.22 bits per heavy atom. The molecular formula is C14H24N4. The molecule has 1 saturated heterocycles. The minimum absolute atomic E-state index is 0.807. The van der Waals surface area contributed by atoms with Crippen LogP contribution in [0.15, 0.2) is 12.1 Å². The third kappa shape index (κ3) is 3.42. The van der Waals surface area contributed by atoms with Gasteiger partial charge in [0.1, 0.15) is 0 Å². The van der Waals surface area contributed by atoms with E-state index in [2.05, 4.69) is 46.4 Å². The van der Waals surface area contributed by atoms with Gasteiger partial charge in [-0.2, -0.15) is 5.10 Å². The number of nitrogens with one attached hydrogen (secondary N) is 1. The second-order valence-corrected chi connectivity index (χ2v) is 5.00. The van der Waals surface area contributed by atoms with E-state index in [-0.39, 0.29) is 0 Å². The Labute approximate surface area is 110 Å². The van der Waals surface area contributed by atoms with Gasteiger partial charge in [-0.25, -0.2) is 0 Å². The molecule has 0 spiro atoms. The van der Waals surface area contributed by atoms with Crippen molar-refractivity contribution in [2.24, 2.45) is 5.92 Å². The van der Waals surface area contributed by atoms with E-state index in [1.807, 2.05) is 0 Å². The highest BCUT2D eigenvalue weighted by Gasteiger charge is 2.18. The predicted molar refractivity (Wildman–Crippen MR) is 74.6 cm³/mol. The monoisotopic (exact) mass is 248 g/mol. The van der Waals surface area contributed by atoms with E-state index >= 15 is 0 Å². The van der Waals surface area contributed by atoms with Gasteiger partial charge in [0.05, 0.1) is 5.69 Å². The number of hydrogen-bond acceptors (Lipinski definition) is 4. The lowest BCUT2D eigenvalue weighted by molar-refractivity contribution is 0.393. The zero-order valence-electron chi connectivity index (χ0n) is 11.5.